The molecule has 67 heavy (non-hydrogen) atoms. The highest BCUT2D eigenvalue weighted by Crippen LogP contribution is 2.57. The van der Waals surface area contributed by atoms with E-state index in [-0.39, 0.29) is 65.5 Å². The molecule has 6 fully saturated rings. The molecule has 0 amide bonds. The quantitative estimate of drug-likeness (QED) is 0.110. The van der Waals surface area contributed by atoms with E-state index in [0.717, 1.165) is 0 Å². The number of hydrogen-bond donors (Lipinski definition) is 2. The van der Waals surface area contributed by atoms with Crippen molar-refractivity contribution in [3.8, 4) is 0 Å². The molecule has 10 atom stereocenters. The Balaban J connectivity index is 1.16. The molecule has 6 heterocycles. The number of guanidine groups is 3. The molecule has 0 spiro atoms. The number of aliphatic hydroxyl groups is 1. The van der Waals surface area contributed by atoms with Gasteiger partial charge in [0.25, 0.3) is 0 Å². The molecule has 0 radical (unpaired) electrons. The van der Waals surface area contributed by atoms with Crippen LogP contribution in [0.15, 0.2) is 14.3 Å². The third-order valence-corrected chi connectivity index (χ3v) is 17.1. The summed E-state index contributed by atoms with van der Waals surface area (Å²) in [6.45, 7) is 7.71. The highest BCUT2D eigenvalue weighted by molar-refractivity contribution is 7.53. The molecule has 7 unspecified atom stereocenters. The lowest BCUT2D eigenvalue weighted by atomic mass is 10.2. The number of hydrogen-bond acceptors (Lipinski definition) is 16. The summed E-state index contributed by atoms with van der Waals surface area (Å²) < 4.78 is 134. The molecule has 6 rings (SSSR count). The number of aliphatic hydroxyl groups excluding tert-OH is 1. The van der Waals surface area contributed by atoms with Crippen molar-refractivity contribution >= 4 is 48.9 Å². The second-order valence-corrected chi connectivity index (χ2v) is 24.3. The molecule has 0 aromatic rings. The van der Waals surface area contributed by atoms with Gasteiger partial charge in [0.15, 0.2) is 0 Å². The first kappa shape index (κ1) is 54.5. The largest absolute Gasteiger partial charge is 0.472 e. The van der Waals surface area contributed by atoms with E-state index in [1.165, 1.54) is 0 Å². The summed E-state index contributed by atoms with van der Waals surface area (Å²) in [5.74, 6) is 1.13. The zero-order valence-electron chi connectivity index (χ0n) is 40.0. The van der Waals surface area contributed by atoms with E-state index in [1.54, 1.807) is 58.8 Å². The smallest absolute Gasteiger partial charge is 0.394 e. The van der Waals surface area contributed by atoms with Crippen LogP contribution >= 0.6 is 31.1 Å². The second kappa shape index (κ2) is 23.2. The number of nitrogens with zero attached hydrogens (tertiary/aromatic N) is 9. The van der Waals surface area contributed by atoms with Crippen molar-refractivity contribution < 1.29 is 78.7 Å². The summed E-state index contributed by atoms with van der Waals surface area (Å²) in [4.78, 5) is 21.0. The average molecular weight is 1040 g/mol. The summed E-state index contributed by atoms with van der Waals surface area (Å²) in [5.41, 5.74) is -0.928. The van der Waals surface area contributed by atoms with E-state index in [4.69, 9.17) is 50.4 Å². The van der Waals surface area contributed by atoms with Crippen LogP contribution in [0.1, 0.15) is 46.5 Å². The Bertz CT molecular complexity index is 1930. The standard InChI is InChI=1S/C37H71N9O17P4/c1-37(2,3)63-67(51,52)57-21-10-20-56-64(48,38-34-41(4)14-15-42(34)5)61-29-12-23-54-32(29)26-59-66(50,40-36-45(8)18-19-46(36)9)62-30-13-24-55-33(30)27-58-65(49,39-35-43(6)16-17-44(35)7)60-28-11-22-53-31(28)25-47/h28-33,47H,10-27H2,1-9H3,(H,51,52)/t28?,29?,30?,31-,32-,33-,64?,65?,66?/m1/s1. The predicted molar refractivity (Wildman–Crippen MR) is 245 cm³/mol. The zero-order valence-corrected chi connectivity index (χ0v) is 43.6. The SMILES string of the molecule is CN1CCN(C)C1=NP(=O)(OC[C@H]1OCCC1OP(=O)(N=C1N(C)CCN1C)OC[C@H]1OCCC1OP(=O)(N=C1N(C)CCN1C)OCCCOP(=O)(O)OC(C)(C)C)OC1CCO[C@@H]1CO. The summed E-state index contributed by atoms with van der Waals surface area (Å²) in [6, 6.07) is 0. The Morgan fingerprint density at radius 1 is 0.552 bits per heavy atom. The summed E-state index contributed by atoms with van der Waals surface area (Å²) >= 11 is 0. The second-order valence-electron chi connectivity index (χ2n) is 18.1. The Morgan fingerprint density at radius 2 is 0.881 bits per heavy atom. The van der Waals surface area contributed by atoms with Crippen molar-refractivity contribution in [1.29, 1.82) is 0 Å². The molecule has 0 aromatic heterocycles. The van der Waals surface area contributed by atoms with Gasteiger partial charge in [-0.1, -0.05) is 0 Å². The minimum atomic E-state index is -4.45. The van der Waals surface area contributed by atoms with Crippen molar-refractivity contribution in [2.45, 2.75) is 88.7 Å². The number of rotatable bonds is 23. The van der Waals surface area contributed by atoms with Gasteiger partial charge in [0.2, 0.25) is 17.9 Å². The molecular formula is C37H71N9O17P4. The minimum absolute atomic E-state index is 0.0451. The van der Waals surface area contributed by atoms with Gasteiger partial charge in [-0.15, -0.1) is 14.3 Å². The van der Waals surface area contributed by atoms with Gasteiger partial charge in [0, 0.05) is 121 Å². The lowest BCUT2D eigenvalue weighted by Gasteiger charge is -2.28. The van der Waals surface area contributed by atoms with Gasteiger partial charge in [-0.3, -0.25) is 36.2 Å². The number of phosphoric acid groups is 1. The van der Waals surface area contributed by atoms with Crippen LogP contribution in [-0.2, 0) is 68.7 Å². The highest BCUT2D eigenvalue weighted by Gasteiger charge is 2.45. The van der Waals surface area contributed by atoms with Crippen LogP contribution in [0.3, 0.4) is 0 Å². The van der Waals surface area contributed by atoms with Crippen molar-refractivity contribution in [2.75, 3.05) is 134 Å². The van der Waals surface area contributed by atoms with Crippen LogP contribution in [0.2, 0.25) is 0 Å². The molecule has 0 saturated carbocycles. The van der Waals surface area contributed by atoms with E-state index in [1.807, 2.05) is 33.7 Å². The summed E-state index contributed by atoms with van der Waals surface area (Å²) in [7, 11) is -6.62. The number of phosphoric ester groups is 1. The van der Waals surface area contributed by atoms with Crippen LogP contribution in [0.5, 0.6) is 0 Å². The lowest BCUT2D eigenvalue weighted by molar-refractivity contribution is -0.0127. The molecule has 26 nitrogen and oxygen atoms in total. The molecule has 2 N–H and O–H groups in total. The molecule has 0 bridgehead atoms. The third-order valence-electron chi connectivity index (χ3n) is 11.4. The van der Waals surface area contributed by atoms with Crippen LogP contribution in [-0.4, -0.2) is 234 Å². The summed E-state index contributed by atoms with van der Waals surface area (Å²) in [6.07, 6.45) is -4.21. The Morgan fingerprint density at radius 3 is 1.24 bits per heavy atom. The molecule has 0 aromatic carbocycles. The van der Waals surface area contributed by atoms with Crippen LogP contribution in [0.25, 0.3) is 0 Å². The van der Waals surface area contributed by atoms with Gasteiger partial charge in [-0.2, -0.15) is 0 Å². The fraction of sp³-hybridized carbons (Fsp3) is 0.919. The van der Waals surface area contributed by atoms with Crippen molar-refractivity contribution in [2.24, 2.45) is 14.3 Å². The maximum absolute atomic E-state index is 15.0. The Labute approximate surface area is 393 Å². The minimum Gasteiger partial charge on any atom is -0.394 e. The molecule has 30 heteroatoms. The van der Waals surface area contributed by atoms with Crippen LogP contribution < -0.4 is 0 Å². The molecule has 6 saturated heterocycles. The van der Waals surface area contributed by atoms with E-state index in [9.17, 15) is 28.3 Å². The first-order valence-electron chi connectivity index (χ1n) is 22.5. The molecule has 0 aliphatic carbocycles. The van der Waals surface area contributed by atoms with Gasteiger partial charge in [-0.25, -0.2) is 18.3 Å². The number of ether oxygens (including phenoxy) is 3. The van der Waals surface area contributed by atoms with E-state index in [0.29, 0.717) is 70.2 Å². The maximum Gasteiger partial charge on any atom is 0.472 e. The molecule has 6 aliphatic rings. The van der Waals surface area contributed by atoms with E-state index < -0.39 is 73.3 Å². The van der Waals surface area contributed by atoms with Gasteiger partial charge in [0.05, 0.1) is 56.9 Å². The molecule has 386 valence electrons. The average Bonchev–Trinajstić information content (AvgIpc) is 4.13. The monoisotopic (exact) mass is 1040 g/mol. The third kappa shape index (κ3) is 15.4. The Kier molecular flexibility index (Phi) is 18.9. The van der Waals surface area contributed by atoms with Gasteiger partial charge in [-0.05, 0) is 27.2 Å². The van der Waals surface area contributed by atoms with Gasteiger partial charge >= 0.3 is 31.1 Å². The van der Waals surface area contributed by atoms with E-state index in [2.05, 4.69) is 14.3 Å². The first-order chi connectivity index (χ1) is 31.5. The van der Waals surface area contributed by atoms with Gasteiger partial charge < -0.3 is 53.6 Å². The predicted octanol–water partition coefficient (Wildman–Crippen LogP) is 2.90. The zero-order chi connectivity index (χ0) is 48.8. The van der Waals surface area contributed by atoms with Crippen LogP contribution in [0, 0.1) is 0 Å². The number of likely N-dealkylation sites (N-methyl/N-ethyl adjacent to an activating group) is 6. The van der Waals surface area contributed by atoms with Crippen molar-refractivity contribution in [1.82, 2.24) is 29.4 Å². The summed E-state index contributed by atoms with van der Waals surface area (Å²) in [5, 5.41) is 9.88. The lowest BCUT2D eigenvalue weighted by Crippen LogP contribution is -2.33. The van der Waals surface area contributed by atoms with E-state index >= 15 is 0 Å². The topological polar surface area (TPSA) is 267 Å². The fourth-order valence-electron chi connectivity index (χ4n) is 7.78. The molecule has 6 aliphatic heterocycles. The van der Waals surface area contributed by atoms with Gasteiger partial charge in [0.1, 0.15) is 18.3 Å². The Hall–Kier alpha value is -1.79. The maximum atomic E-state index is 15.0. The first-order valence-corrected chi connectivity index (χ1v) is 28.5. The van der Waals surface area contributed by atoms with Crippen molar-refractivity contribution in [3.05, 3.63) is 0 Å². The highest BCUT2D eigenvalue weighted by atomic mass is 31.2. The van der Waals surface area contributed by atoms with Crippen molar-refractivity contribution in [3.63, 3.8) is 0 Å². The molecular weight excluding hydrogens is 966 g/mol. The normalized spacial score (nSPS) is 29.8. The fourth-order valence-corrected chi connectivity index (χ4v) is 13.7. The van der Waals surface area contributed by atoms with Crippen LogP contribution in [0.4, 0.5) is 0 Å².